The summed E-state index contributed by atoms with van der Waals surface area (Å²) in [6, 6.07) is 4.12. The molecule has 0 unspecified atom stereocenters. The molecule has 0 bridgehead atoms. The predicted octanol–water partition coefficient (Wildman–Crippen LogP) is 1.76. The largest absolute Gasteiger partial charge is 0.396 e. The Labute approximate surface area is 192 Å². The number of aromatic amines is 1. The minimum atomic E-state index is -0.126. The van der Waals surface area contributed by atoms with Gasteiger partial charge in [0.2, 0.25) is 0 Å². The molecule has 172 valence electrons. The number of nitrogens with zero attached hydrogens (tertiary/aromatic N) is 5. The summed E-state index contributed by atoms with van der Waals surface area (Å²) in [5.74, 6) is 2.62. The van der Waals surface area contributed by atoms with Gasteiger partial charge in [-0.3, -0.25) is 14.6 Å². The lowest BCUT2D eigenvalue weighted by Crippen LogP contribution is -2.27. The van der Waals surface area contributed by atoms with E-state index < -0.39 is 0 Å². The van der Waals surface area contributed by atoms with Gasteiger partial charge in [-0.05, 0) is 61.6 Å². The summed E-state index contributed by atoms with van der Waals surface area (Å²) in [5.41, 5.74) is 5.87. The summed E-state index contributed by atoms with van der Waals surface area (Å²) < 4.78 is 1.79. The van der Waals surface area contributed by atoms with Crippen LogP contribution in [0.4, 0.5) is 5.82 Å². The van der Waals surface area contributed by atoms with Gasteiger partial charge in [-0.15, -0.1) is 0 Å². The van der Waals surface area contributed by atoms with Crippen LogP contribution in [0, 0.1) is 31.6 Å². The van der Waals surface area contributed by atoms with E-state index in [9.17, 15) is 9.90 Å². The Morgan fingerprint density at radius 3 is 2.85 bits per heavy atom. The number of aryl methyl sites for hydroxylation is 2. The number of rotatable bonds is 6. The van der Waals surface area contributed by atoms with E-state index in [1.807, 2.05) is 13.8 Å². The number of hydrogen-bond donors (Lipinski definition) is 3. The van der Waals surface area contributed by atoms with Crippen LogP contribution in [0.15, 0.2) is 24.5 Å². The summed E-state index contributed by atoms with van der Waals surface area (Å²) in [7, 11) is 0. The van der Waals surface area contributed by atoms with Gasteiger partial charge in [0.05, 0.1) is 30.0 Å². The number of H-pyrrole nitrogens is 1. The average molecular weight is 448 g/mol. The number of aliphatic hydroxyl groups is 1. The number of hydrogen-bond acceptors (Lipinski definition) is 6. The highest BCUT2D eigenvalue weighted by atomic mass is 16.3. The number of carbonyl (C=O) groups is 1. The van der Waals surface area contributed by atoms with E-state index in [0.29, 0.717) is 36.5 Å². The molecule has 9 nitrogen and oxygen atoms in total. The molecular formula is C24H29N7O2. The monoisotopic (exact) mass is 447 g/mol. The minimum absolute atomic E-state index is 0.0518. The first kappa shape index (κ1) is 20.4. The van der Waals surface area contributed by atoms with Gasteiger partial charge in [-0.2, -0.15) is 10.2 Å². The molecule has 6 rings (SSSR count). The molecule has 1 saturated carbocycles. The Balaban J connectivity index is 1.09. The van der Waals surface area contributed by atoms with Gasteiger partial charge in [0.25, 0.3) is 5.91 Å². The summed E-state index contributed by atoms with van der Waals surface area (Å²) in [6.07, 6.45) is 5.22. The van der Waals surface area contributed by atoms with Crippen LogP contribution in [0.2, 0.25) is 0 Å². The zero-order valence-electron chi connectivity index (χ0n) is 19.0. The number of carbonyl (C=O) groups excluding carboxylic acids is 1. The Kier molecular flexibility index (Phi) is 4.76. The SMILES string of the molecule is Cc1nc(N2C[C@@H]3[C@@H](CO)[C@@H]3C2)ccc1Cn1cc(C(=O)N[C@@H]2CCc3c2n[nH]c3C)cn1. The molecule has 3 aliphatic rings. The molecule has 1 aliphatic heterocycles. The summed E-state index contributed by atoms with van der Waals surface area (Å²) >= 11 is 0. The van der Waals surface area contributed by atoms with Crippen LogP contribution in [-0.2, 0) is 13.0 Å². The van der Waals surface area contributed by atoms with E-state index in [-0.39, 0.29) is 11.9 Å². The molecule has 1 saturated heterocycles. The molecule has 3 N–H and O–H groups in total. The predicted molar refractivity (Wildman–Crippen MR) is 122 cm³/mol. The number of anilines is 1. The minimum Gasteiger partial charge on any atom is -0.396 e. The van der Waals surface area contributed by atoms with E-state index in [4.69, 9.17) is 4.98 Å². The first-order chi connectivity index (χ1) is 16.0. The summed E-state index contributed by atoms with van der Waals surface area (Å²) in [5, 5.41) is 24.2. The van der Waals surface area contributed by atoms with E-state index in [0.717, 1.165) is 54.4 Å². The lowest BCUT2D eigenvalue weighted by molar-refractivity contribution is 0.0935. The van der Waals surface area contributed by atoms with Crippen molar-refractivity contribution in [2.75, 3.05) is 24.6 Å². The van der Waals surface area contributed by atoms with Gasteiger partial charge >= 0.3 is 0 Å². The normalized spacial score (nSPS) is 25.2. The molecule has 33 heavy (non-hydrogen) atoms. The van der Waals surface area contributed by atoms with Gasteiger partial charge in [0.15, 0.2) is 0 Å². The van der Waals surface area contributed by atoms with Crippen molar-refractivity contribution in [2.24, 2.45) is 17.8 Å². The van der Waals surface area contributed by atoms with Gasteiger partial charge in [0.1, 0.15) is 5.82 Å². The van der Waals surface area contributed by atoms with Crippen LogP contribution in [-0.4, -0.2) is 55.7 Å². The van der Waals surface area contributed by atoms with Crippen LogP contribution < -0.4 is 10.2 Å². The van der Waals surface area contributed by atoms with Crippen molar-refractivity contribution in [3.05, 3.63) is 58.3 Å². The number of fused-ring (bicyclic) bond motifs is 2. The summed E-state index contributed by atoms with van der Waals surface area (Å²) in [4.78, 5) is 19.9. The fourth-order valence-corrected chi connectivity index (χ4v) is 5.65. The van der Waals surface area contributed by atoms with Crippen molar-refractivity contribution in [3.63, 3.8) is 0 Å². The van der Waals surface area contributed by atoms with Gasteiger partial charge in [-0.1, -0.05) is 6.07 Å². The Bertz CT molecular complexity index is 1200. The molecule has 0 spiro atoms. The van der Waals surface area contributed by atoms with Crippen molar-refractivity contribution in [1.82, 2.24) is 30.3 Å². The van der Waals surface area contributed by atoms with Crippen LogP contribution in [0.3, 0.4) is 0 Å². The molecule has 3 aromatic heterocycles. The van der Waals surface area contributed by atoms with Crippen LogP contribution >= 0.6 is 0 Å². The van der Waals surface area contributed by atoms with Crippen molar-refractivity contribution in [2.45, 2.75) is 39.3 Å². The second-order valence-corrected chi connectivity index (χ2v) is 9.70. The van der Waals surface area contributed by atoms with E-state index >= 15 is 0 Å². The van der Waals surface area contributed by atoms with Crippen molar-refractivity contribution in [1.29, 1.82) is 0 Å². The van der Waals surface area contributed by atoms with E-state index in [2.05, 4.69) is 37.6 Å². The quantitative estimate of drug-likeness (QED) is 0.531. The molecule has 0 radical (unpaired) electrons. The number of pyridine rings is 1. The Morgan fingerprint density at radius 2 is 2.09 bits per heavy atom. The first-order valence-electron chi connectivity index (χ1n) is 11.7. The number of piperidine rings is 1. The smallest absolute Gasteiger partial charge is 0.255 e. The zero-order chi connectivity index (χ0) is 22.7. The Hall–Kier alpha value is -3.20. The third-order valence-corrected chi connectivity index (χ3v) is 7.74. The second-order valence-electron chi connectivity index (χ2n) is 9.70. The highest BCUT2D eigenvalue weighted by Crippen LogP contribution is 2.51. The van der Waals surface area contributed by atoms with Crippen molar-refractivity contribution >= 4 is 11.7 Å². The van der Waals surface area contributed by atoms with Crippen LogP contribution in [0.5, 0.6) is 0 Å². The summed E-state index contributed by atoms with van der Waals surface area (Å²) in [6.45, 7) is 6.88. The number of aromatic nitrogens is 5. The number of aliphatic hydroxyl groups excluding tert-OH is 1. The number of nitrogens with one attached hydrogen (secondary N) is 2. The first-order valence-corrected chi connectivity index (χ1v) is 11.7. The molecule has 4 atom stereocenters. The zero-order valence-corrected chi connectivity index (χ0v) is 19.0. The maximum absolute atomic E-state index is 12.8. The molecule has 9 heteroatoms. The maximum Gasteiger partial charge on any atom is 0.255 e. The Morgan fingerprint density at radius 1 is 1.27 bits per heavy atom. The average Bonchev–Trinajstić information content (AvgIpc) is 3.36. The fourth-order valence-electron chi connectivity index (χ4n) is 5.65. The highest BCUT2D eigenvalue weighted by molar-refractivity contribution is 5.94. The third kappa shape index (κ3) is 3.51. The molecular weight excluding hydrogens is 418 g/mol. The second kappa shape index (κ2) is 7.69. The standard InChI is InChI=1S/C24H29N7O2/c1-13-15(3-6-22(26-13)30-10-18-19(11-30)20(18)12-32)8-31-9-16(7-25-31)24(33)27-21-5-4-17-14(2)28-29-23(17)21/h3,6-7,9,18-21,32H,4-5,8,10-12H2,1-2H3,(H,27,33)(H,28,29)/t18-,19+,20+,21-/m1/s1. The topological polar surface area (TPSA) is 112 Å². The lowest BCUT2D eigenvalue weighted by Gasteiger charge is -2.21. The van der Waals surface area contributed by atoms with Gasteiger partial charge in [-0.25, -0.2) is 4.98 Å². The molecule has 1 amide bonds. The van der Waals surface area contributed by atoms with Gasteiger partial charge in [0, 0.05) is 37.3 Å². The number of amides is 1. The maximum atomic E-state index is 12.8. The van der Waals surface area contributed by atoms with Crippen LogP contribution in [0.25, 0.3) is 0 Å². The molecule has 3 aromatic rings. The molecule has 4 heterocycles. The third-order valence-electron chi connectivity index (χ3n) is 7.74. The molecule has 0 aromatic carbocycles. The molecule has 2 fully saturated rings. The van der Waals surface area contributed by atoms with Crippen molar-refractivity contribution in [3.8, 4) is 0 Å². The molecule has 2 aliphatic carbocycles. The fraction of sp³-hybridized carbons (Fsp3) is 0.500. The van der Waals surface area contributed by atoms with Gasteiger partial charge < -0.3 is 15.3 Å². The van der Waals surface area contributed by atoms with Crippen LogP contribution in [0.1, 0.15) is 51.0 Å². The lowest BCUT2D eigenvalue weighted by atomic mass is 10.2. The van der Waals surface area contributed by atoms with E-state index in [1.54, 1.807) is 17.1 Å². The highest BCUT2D eigenvalue weighted by Gasteiger charge is 2.55. The van der Waals surface area contributed by atoms with Crippen molar-refractivity contribution < 1.29 is 9.90 Å². The van der Waals surface area contributed by atoms with E-state index in [1.165, 1.54) is 5.56 Å².